The molecule has 4 aromatic rings. The van der Waals surface area contributed by atoms with Gasteiger partial charge in [-0.25, -0.2) is 4.68 Å². The van der Waals surface area contributed by atoms with E-state index in [0.29, 0.717) is 12.1 Å². The van der Waals surface area contributed by atoms with Crippen LogP contribution in [0.2, 0.25) is 0 Å². The van der Waals surface area contributed by atoms with E-state index in [4.69, 9.17) is 0 Å². The van der Waals surface area contributed by atoms with Crippen molar-refractivity contribution in [2.75, 3.05) is 11.4 Å². The van der Waals surface area contributed by atoms with Gasteiger partial charge in [-0.3, -0.25) is 4.79 Å². The fraction of sp³-hybridized carbons (Fsp3) is 0.0909. The van der Waals surface area contributed by atoms with E-state index in [1.54, 1.807) is 4.68 Å². The van der Waals surface area contributed by atoms with E-state index in [1.807, 2.05) is 59.5 Å². The van der Waals surface area contributed by atoms with Crippen LogP contribution in [0.1, 0.15) is 15.9 Å². The molecule has 0 saturated heterocycles. The van der Waals surface area contributed by atoms with Gasteiger partial charge in [-0.1, -0.05) is 48.5 Å². The van der Waals surface area contributed by atoms with Crippen molar-refractivity contribution in [2.24, 2.45) is 0 Å². The normalized spacial score (nSPS) is 12.8. The van der Waals surface area contributed by atoms with Gasteiger partial charge in [0.05, 0.1) is 5.69 Å². The Morgan fingerprint density at radius 2 is 1.79 bits per heavy atom. The van der Waals surface area contributed by atoms with Gasteiger partial charge in [0.25, 0.3) is 5.91 Å². The molecule has 3 aromatic carbocycles. The number of benzene rings is 3. The van der Waals surface area contributed by atoms with Gasteiger partial charge in [0, 0.05) is 17.8 Å². The second kappa shape index (κ2) is 6.74. The minimum atomic E-state index is -0.0149. The summed E-state index contributed by atoms with van der Waals surface area (Å²) < 4.78 is 1.54. The Balaban J connectivity index is 1.50. The molecule has 0 unspecified atom stereocenters. The lowest BCUT2D eigenvalue weighted by molar-refractivity contribution is 0.0989. The molecule has 0 fully saturated rings. The summed E-state index contributed by atoms with van der Waals surface area (Å²) >= 11 is 0. The lowest BCUT2D eigenvalue weighted by Crippen LogP contribution is -2.28. The molecule has 0 bridgehead atoms. The van der Waals surface area contributed by atoms with Gasteiger partial charge >= 0.3 is 0 Å². The molecule has 5 rings (SSSR count). The van der Waals surface area contributed by atoms with Gasteiger partial charge in [0.15, 0.2) is 0 Å². The van der Waals surface area contributed by atoms with Crippen molar-refractivity contribution in [3.63, 3.8) is 0 Å². The molecule has 1 amide bonds. The molecule has 6 nitrogen and oxygen atoms in total. The molecule has 0 aliphatic carbocycles. The molecule has 136 valence electrons. The molecule has 1 aliphatic rings. The monoisotopic (exact) mass is 367 g/mol. The van der Waals surface area contributed by atoms with Gasteiger partial charge in [-0.15, -0.1) is 5.10 Å². The maximum Gasteiger partial charge on any atom is 0.258 e. The number of anilines is 1. The Morgan fingerprint density at radius 3 is 2.61 bits per heavy atom. The summed E-state index contributed by atoms with van der Waals surface area (Å²) in [5, 5.41) is 11.2. The zero-order valence-corrected chi connectivity index (χ0v) is 15.1. The molecule has 1 aliphatic heterocycles. The van der Waals surface area contributed by atoms with Crippen LogP contribution in [0.4, 0.5) is 5.69 Å². The summed E-state index contributed by atoms with van der Waals surface area (Å²) in [5.74, 6) is -0.0149. The molecule has 1 aromatic heterocycles. The molecule has 0 radical (unpaired) electrons. The first-order chi connectivity index (χ1) is 13.8. The van der Waals surface area contributed by atoms with E-state index < -0.39 is 0 Å². The van der Waals surface area contributed by atoms with Crippen molar-refractivity contribution in [1.82, 2.24) is 20.2 Å². The van der Waals surface area contributed by atoms with Crippen molar-refractivity contribution < 1.29 is 4.79 Å². The Labute approximate surface area is 162 Å². The maximum absolute atomic E-state index is 13.2. The zero-order chi connectivity index (χ0) is 18.9. The Kier molecular flexibility index (Phi) is 3.94. The fourth-order valence-electron chi connectivity index (χ4n) is 3.75. The average molecular weight is 367 g/mol. The molecular formula is C22H17N5O. The molecular weight excluding hydrogens is 350 g/mol. The quantitative estimate of drug-likeness (QED) is 0.556. The van der Waals surface area contributed by atoms with E-state index in [-0.39, 0.29) is 5.91 Å². The predicted octanol–water partition coefficient (Wildman–Crippen LogP) is 3.53. The van der Waals surface area contributed by atoms with Crippen LogP contribution >= 0.6 is 0 Å². The number of hydrogen-bond acceptors (Lipinski definition) is 4. The molecule has 0 atom stereocenters. The summed E-state index contributed by atoms with van der Waals surface area (Å²) in [7, 11) is 0. The topological polar surface area (TPSA) is 63.9 Å². The highest BCUT2D eigenvalue weighted by molar-refractivity contribution is 6.08. The number of carbonyl (C=O) groups excluding carboxylic acids is 1. The van der Waals surface area contributed by atoms with E-state index in [2.05, 4.69) is 33.7 Å². The minimum absolute atomic E-state index is 0.0149. The van der Waals surface area contributed by atoms with E-state index in [9.17, 15) is 4.79 Å². The lowest BCUT2D eigenvalue weighted by Gasteiger charge is -2.18. The highest BCUT2D eigenvalue weighted by atomic mass is 16.2. The number of rotatable bonds is 3. The summed E-state index contributed by atoms with van der Waals surface area (Å²) in [5.41, 5.74) is 5.95. The Hall–Kier alpha value is -3.80. The first kappa shape index (κ1) is 16.4. The third-order valence-electron chi connectivity index (χ3n) is 5.06. The molecule has 2 heterocycles. The SMILES string of the molecule is O=C(c1cccc(-n2cnnn2)c1)N1CCc2c(-c3ccccc3)cccc21. The standard InChI is InChI=1S/C22H17N5O/c28-22(17-8-4-9-18(14-17)27-15-23-24-25-27)26-13-12-20-19(10-5-11-21(20)26)16-6-2-1-3-7-16/h1-11,14-15H,12-13H2. The largest absolute Gasteiger partial charge is 0.308 e. The van der Waals surface area contributed by atoms with Crippen LogP contribution in [-0.4, -0.2) is 32.7 Å². The van der Waals surface area contributed by atoms with Crippen LogP contribution in [0, 0.1) is 0 Å². The summed E-state index contributed by atoms with van der Waals surface area (Å²) in [6.07, 6.45) is 2.36. The van der Waals surface area contributed by atoms with Crippen molar-refractivity contribution in [3.8, 4) is 16.8 Å². The third kappa shape index (κ3) is 2.75. The molecule has 28 heavy (non-hydrogen) atoms. The van der Waals surface area contributed by atoms with Crippen LogP contribution in [0.25, 0.3) is 16.8 Å². The summed E-state index contributed by atoms with van der Waals surface area (Å²) in [4.78, 5) is 15.1. The average Bonchev–Trinajstić information content (AvgIpc) is 3.44. The third-order valence-corrected chi connectivity index (χ3v) is 5.06. The van der Waals surface area contributed by atoms with E-state index in [1.165, 1.54) is 23.0 Å². The maximum atomic E-state index is 13.2. The first-order valence-electron chi connectivity index (χ1n) is 9.14. The number of tetrazole rings is 1. The highest BCUT2D eigenvalue weighted by Gasteiger charge is 2.27. The van der Waals surface area contributed by atoms with Gasteiger partial charge in [0.1, 0.15) is 6.33 Å². The van der Waals surface area contributed by atoms with Gasteiger partial charge < -0.3 is 4.90 Å². The highest BCUT2D eigenvalue weighted by Crippen LogP contribution is 2.36. The van der Waals surface area contributed by atoms with Gasteiger partial charge in [-0.2, -0.15) is 0 Å². The predicted molar refractivity (Wildman–Crippen MR) is 106 cm³/mol. The van der Waals surface area contributed by atoms with Crippen LogP contribution in [0.15, 0.2) is 79.1 Å². The molecule has 0 saturated carbocycles. The van der Waals surface area contributed by atoms with Gasteiger partial charge in [0.2, 0.25) is 0 Å². The number of aromatic nitrogens is 4. The zero-order valence-electron chi connectivity index (χ0n) is 15.1. The van der Waals surface area contributed by atoms with Crippen LogP contribution in [-0.2, 0) is 6.42 Å². The molecule has 0 N–H and O–H groups in total. The second-order valence-corrected chi connectivity index (χ2v) is 6.68. The second-order valence-electron chi connectivity index (χ2n) is 6.68. The smallest absolute Gasteiger partial charge is 0.258 e. The van der Waals surface area contributed by atoms with E-state index >= 15 is 0 Å². The van der Waals surface area contributed by atoms with Crippen LogP contribution in [0.3, 0.4) is 0 Å². The fourth-order valence-corrected chi connectivity index (χ4v) is 3.75. The number of nitrogens with zero attached hydrogens (tertiary/aromatic N) is 5. The van der Waals surface area contributed by atoms with Gasteiger partial charge in [-0.05, 0) is 57.8 Å². The van der Waals surface area contributed by atoms with Crippen molar-refractivity contribution in [1.29, 1.82) is 0 Å². The molecule has 6 heteroatoms. The van der Waals surface area contributed by atoms with Crippen LogP contribution < -0.4 is 4.90 Å². The number of fused-ring (bicyclic) bond motifs is 1. The number of carbonyl (C=O) groups is 1. The van der Waals surface area contributed by atoms with Crippen molar-refractivity contribution >= 4 is 11.6 Å². The Bertz CT molecular complexity index is 1140. The van der Waals surface area contributed by atoms with Crippen molar-refractivity contribution in [2.45, 2.75) is 6.42 Å². The first-order valence-corrected chi connectivity index (χ1v) is 9.14. The van der Waals surface area contributed by atoms with Crippen LogP contribution in [0.5, 0.6) is 0 Å². The lowest BCUT2D eigenvalue weighted by atomic mass is 9.98. The molecule has 0 spiro atoms. The van der Waals surface area contributed by atoms with E-state index in [0.717, 1.165) is 17.8 Å². The Morgan fingerprint density at radius 1 is 0.929 bits per heavy atom. The summed E-state index contributed by atoms with van der Waals surface area (Å²) in [6.45, 7) is 0.674. The number of hydrogen-bond donors (Lipinski definition) is 0. The summed E-state index contributed by atoms with van der Waals surface area (Å²) in [6, 6.07) is 23.8. The van der Waals surface area contributed by atoms with Crippen molar-refractivity contribution in [3.05, 3.63) is 90.3 Å². The number of amides is 1. The minimum Gasteiger partial charge on any atom is -0.308 e.